The van der Waals surface area contributed by atoms with Crippen molar-refractivity contribution in [3.05, 3.63) is 43.8 Å². The Bertz CT molecular complexity index is 620. The zero-order chi connectivity index (χ0) is 14.7. The minimum Gasteiger partial charge on any atom is -0.324 e. The van der Waals surface area contributed by atoms with Gasteiger partial charge in [0, 0.05) is 11.3 Å². The maximum Gasteiger partial charge on any atom is 0.224 e. The maximum atomic E-state index is 12.0. The second kappa shape index (κ2) is 6.57. The van der Waals surface area contributed by atoms with Gasteiger partial charge in [-0.2, -0.15) is 0 Å². The Morgan fingerprint density at radius 3 is 2.50 bits per heavy atom. The van der Waals surface area contributed by atoms with Gasteiger partial charge in [-0.25, -0.2) is 4.98 Å². The van der Waals surface area contributed by atoms with Crippen LogP contribution in [0.15, 0.2) is 18.2 Å². The Labute approximate surface area is 131 Å². The van der Waals surface area contributed by atoms with Crippen LogP contribution in [0.5, 0.6) is 0 Å². The number of nitrogens with zero attached hydrogens (tertiary/aromatic N) is 1. The molecule has 0 fully saturated rings. The topological polar surface area (TPSA) is 42.0 Å². The molecule has 0 radical (unpaired) electrons. The minimum atomic E-state index is -0.106. The molecule has 0 aliphatic carbocycles. The molecule has 0 bridgehead atoms. The average molecular weight is 329 g/mol. The molecule has 0 aliphatic rings. The number of anilines is 1. The number of para-hydroxylation sites is 1. The third-order valence-corrected chi connectivity index (χ3v) is 4.57. The van der Waals surface area contributed by atoms with Crippen LogP contribution in [0.3, 0.4) is 0 Å². The fourth-order valence-corrected chi connectivity index (χ4v) is 3.28. The number of hydrogen-bond acceptors (Lipinski definition) is 3. The number of rotatable bonds is 4. The molecule has 1 aromatic carbocycles. The Hall–Kier alpha value is -1.10. The standard InChI is InChI=1S/C14H14Cl2N2OS/c1-8-12(20-9(2)17-8)6-7-13(19)18-14-10(15)4-3-5-11(14)16/h3-5H,6-7H2,1-2H3,(H,18,19). The summed E-state index contributed by atoms with van der Waals surface area (Å²) in [6, 6.07) is 5.13. The normalized spacial score (nSPS) is 10.6. The van der Waals surface area contributed by atoms with E-state index >= 15 is 0 Å². The molecule has 1 heterocycles. The predicted octanol–water partition coefficient (Wildman–Crippen LogP) is 4.64. The van der Waals surface area contributed by atoms with E-state index in [-0.39, 0.29) is 5.91 Å². The summed E-state index contributed by atoms with van der Waals surface area (Å²) < 4.78 is 0. The first kappa shape index (κ1) is 15.3. The molecule has 3 nitrogen and oxygen atoms in total. The van der Waals surface area contributed by atoms with Crippen molar-refractivity contribution < 1.29 is 4.79 Å². The van der Waals surface area contributed by atoms with Gasteiger partial charge in [0.2, 0.25) is 5.91 Å². The van der Waals surface area contributed by atoms with Crippen molar-refractivity contribution in [2.75, 3.05) is 5.32 Å². The second-order valence-electron chi connectivity index (χ2n) is 4.39. The van der Waals surface area contributed by atoms with Crippen LogP contribution >= 0.6 is 34.5 Å². The van der Waals surface area contributed by atoms with Crippen LogP contribution < -0.4 is 5.32 Å². The van der Waals surface area contributed by atoms with Crippen molar-refractivity contribution >= 4 is 46.1 Å². The van der Waals surface area contributed by atoms with Crippen LogP contribution in [-0.4, -0.2) is 10.9 Å². The van der Waals surface area contributed by atoms with Gasteiger partial charge in [0.1, 0.15) is 0 Å². The monoisotopic (exact) mass is 328 g/mol. The smallest absolute Gasteiger partial charge is 0.224 e. The van der Waals surface area contributed by atoms with Crippen LogP contribution in [0, 0.1) is 13.8 Å². The Kier molecular flexibility index (Phi) is 5.02. The minimum absolute atomic E-state index is 0.106. The molecule has 2 rings (SSSR count). The van der Waals surface area contributed by atoms with E-state index in [4.69, 9.17) is 23.2 Å². The maximum absolute atomic E-state index is 12.0. The first-order valence-electron chi connectivity index (χ1n) is 6.14. The molecular formula is C14H14Cl2N2OS. The van der Waals surface area contributed by atoms with Crippen LogP contribution in [0.4, 0.5) is 5.69 Å². The number of carbonyl (C=O) groups is 1. The molecule has 6 heteroatoms. The van der Waals surface area contributed by atoms with Crippen molar-refractivity contribution in [2.45, 2.75) is 26.7 Å². The average Bonchev–Trinajstić information content (AvgIpc) is 2.70. The zero-order valence-electron chi connectivity index (χ0n) is 11.2. The van der Waals surface area contributed by atoms with Crippen LogP contribution in [0.1, 0.15) is 22.0 Å². The molecule has 106 valence electrons. The van der Waals surface area contributed by atoms with Crippen LogP contribution in [0.25, 0.3) is 0 Å². The lowest BCUT2D eigenvalue weighted by Crippen LogP contribution is -2.13. The van der Waals surface area contributed by atoms with E-state index in [1.165, 1.54) is 0 Å². The number of thiazole rings is 1. The molecular weight excluding hydrogens is 315 g/mol. The Morgan fingerprint density at radius 2 is 1.95 bits per heavy atom. The summed E-state index contributed by atoms with van der Waals surface area (Å²) in [7, 11) is 0. The van der Waals surface area contributed by atoms with Crippen molar-refractivity contribution in [2.24, 2.45) is 0 Å². The van der Waals surface area contributed by atoms with E-state index < -0.39 is 0 Å². The highest BCUT2D eigenvalue weighted by Gasteiger charge is 2.11. The number of amides is 1. The molecule has 0 unspecified atom stereocenters. The fraction of sp³-hybridized carbons (Fsp3) is 0.286. The van der Waals surface area contributed by atoms with Gasteiger partial charge in [-0.1, -0.05) is 29.3 Å². The largest absolute Gasteiger partial charge is 0.324 e. The lowest BCUT2D eigenvalue weighted by molar-refractivity contribution is -0.116. The summed E-state index contributed by atoms with van der Waals surface area (Å²) in [6.45, 7) is 3.92. The summed E-state index contributed by atoms with van der Waals surface area (Å²) in [5, 5.41) is 4.66. The van der Waals surface area contributed by atoms with Crippen molar-refractivity contribution in [1.82, 2.24) is 4.98 Å². The van der Waals surface area contributed by atoms with Crippen LogP contribution in [0.2, 0.25) is 10.0 Å². The molecule has 20 heavy (non-hydrogen) atoms. The summed E-state index contributed by atoms with van der Waals surface area (Å²) in [5.74, 6) is -0.106. The highest BCUT2D eigenvalue weighted by atomic mass is 35.5. The quantitative estimate of drug-likeness (QED) is 0.888. The van der Waals surface area contributed by atoms with Gasteiger partial charge in [-0.3, -0.25) is 4.79 Å². The number of aryl methyl sites for hydroxylation is 3. The van der Waals surface area contributed by atoms with Crippen molar-refractivity contribution in [1.29, 1.82) is 0 Å². The number of hydrogen-bond donors (Lipinski definition) is 1. The van der Waals surface area contributed by atoms with Gasteiger partial charge in [0.15, 0.2) is 0 Å². The van der Waals surface area contributed by atoms with Crippen molar-refractivity contribution in [3.63, 3.8) is 0 Å². The first-order chi connectivity index (χ1) is 9.47. The number of benzene rings is 1. The van der Waals surface area contributed by atoms with Crippen molar-refractivity contribution in [3.8, 4) is 0 Å². The van der Waals surface area contributed by atoms with E-state index in [9.17, 15) is 4.79 Å². The van der Waals surface area contributed by atoms with E-state index in [1.54, 1.807) is 29.5 Å². The van der Waals surface area contributed by atoms with Gasteiger partial charge in [0.05, 0.1) is 26.4 Å². The Morgan fingerprint density at radius 1 is 1.30 bits per heavy atom. The number of carbonyl (C=O) groups excluding carboxylic acids is 1. The predicted molar refractivity (Wildman–Crippen MR) is 85.0 cm³/mol. The molecule has 0 saturated carbocycles. The Balaban J connectivity index is 1.98. The van der Waals surface area contributed by atoms with Crippen LogP contribution in [-0.2, 0) is 11.2 Å². The lowest BCUT2D eigenvalue weighted by atomic mass is 10.2. The molecule has 0 aliphatic heterocycles. The van der Waals surface area contributed by atoms with Gasteiger partial charge < -0.3 is 5.32 Å². The van der Waals surface area contributed by atoms with E-state index in [0.29, 0.717) is 28.6 Å². The summed E-state index contributed by atoms with van der Waals surface area (Å²) in [6.07, 6.45) is 1.05. The molecule has 0 spiro atoms. The summed E-state index contributed by atoms with van der Waals surface area (Å²) in [4.78, 5) is 17.5. The molecule has 0 atom stereocenters. The van der Waals surface area contributed by atoms with E-state index in [0.717, 1.165) is 15.6 Å². The third kappa shape index (κ3) is 3.72. The number of nitrogens with one attached hydrogen (secondary N) is 1. The number of halogens is 2. The molecule has 1 aromatic heterocycles. The zero-order valence-corrected chi connectivity index (χ0v) is 13.5. The summed E-state index contributed by atoms with van der Waals surface area (Å²) in [5.41, 5.74) is 1.47. The molecule has 2 aromatic rings. The highest BCUT2D eigenvalue weighted by molar-refractivity contribution is 7.11. The third-order valence-electron chi connectivity index (χ3n) is 2.81. The van der Waals surface area contributed by atoms with E-state index in [1.807, 2.05) is 13.8 Å². The van der Waals surface area contributed by atoms with Gasteiger partial charge in [0.25, 0.3) is 0 Å². The SMILES string of the molecule is Cc1nc(C)c(CCC(=O)Nc2c(Cl)cccc2Cl)s1. The lowest BCUT2D eigenvalue weighted by Gasteiger charge is -2.08. The number of aromatic nitrogens is 1. The first-order valence-corrected chi connectivity index (χ1v) is 7.71. The summed E-state index contributed by atoms with van der Waals surface area (Å²) >= 11 is 13.7. The van der Waals surface area contributed by atoms with Gasteiger partial charge in [-0.15, -0.1) is 11.3 Å². The molecule has 1 amide bonds. The second-order valence-corrected chi connectivity index (χ2v) is 6.49. The fourth-order valence-electron chi connectivity index (χ4n) is 1.85. The van der Waals surface area contributed by atoms with Gasteiger partial charge in [-0.05, 0) is 32.4 Å². The highest BCUT2D eigenvalue weighted by Crippen LogP contribution is 2.30. The van der Waals surface area contributed by atoms with E-state index in [2.05, 4.69) is 10.3 Å². The molecule has 1 N–H and O–H groups in total. The molecule has 0 saturated heterocycles. The van der Waals surface area contributed by atoms with Gasteiger partial charge >= 0.3 is 0 Å².